The molecule has 1 N–H and O–H groups in total. The highest BCUT2D eigenvalue weighted by Gasteiger charge is 2.27. The van der Waals surface area contributed by atoms with Crippen molar-refractivity contribution in [1.29, 1.82) is 0 Å². The summed E-state index contributed by atoms with van der Waals surface area (Å²) >= 11 is 0. The molecule has 5 heteroatoms. The minimum Gasteiger partial charge on any atom is -0.349 e. The van der Waals surface area contributed by atoms with Gasteiger partial charge in [0.25, 0.3) is 5.56 Å². The number of rotatable bonds is 2. The van der Waals surface area contributed by atoms with Crippen LogP contribution in [0.5, 0.6) is 0 Å². The van der Waals surface area contributed by atoms with Crippen LogP contribution in [0.1, 0.15) is 25.7 Å². The van der Waals surface area contributed by atoms with Gasteiger partial charge in [0.15, 0.2) is 5.82 Å². The van der Waals surface area contributed by atoms with E-state index < -0.39 is 0 Å². The second-order valence-corrected chi connectivity index (χ2v) is 5.20. The molecule has 98 valence electrons. The van der Waals surface area contributed by atoms with Crippen molar-refractivity contribution in [1.82, 2.24) is 14.9 Å². The monoisotopic (exact) mass is 248 g/mol. The highest BCUT2D eigenvalue weighted by Crippen LogP contribution is 2.24. The molecular formula is C13H20N4O. The van der Waals surface area contributed by atoms with Crippen molar-refractivity contribution in [2.75, 3.05) is 31.1 Å². The third kappa shape index (κ3) is 2.27. The molecule has 0 unspecified atom stereocenters. The lowest BCUT2D eigenvalue weighted by molar-refractivity contribution is 0.187. The molecule has 2 heterocycles. The van der Waals surface area contributed by atoms with Gasteiger partial charge in [0.1, 0.15) is 0 Å². The molecule has 0 amide bonds. The molecule has 2 aliphatic rings. The molecule has 1 saturated heterocycles. The summed E-state index contributed by atoms with van der Waals surface area (Å²) in [6.45, 7) is 3.94. The summed E-state index contributed by atoms with van der Waals surface area (Å²) in [6.07, 6.45) is 8.70. The largest absolute Gasteiger partial charge is 0.349 e. The van der Waals surface area contributed by atoms with Crippen LogP contribution < -0.4 is 10.5 Å². The summed E-state index contributed by atoms with van der Waals surface area (Å²) < 4.78 is 0. The van der Waals surface area contributed by atoms with Gasteiger partial charge in [0.2, 0.25) is 0 Å². The van der Waals surface area contributed by atoms with Gasteiger partial charge in [0.05, 0.1) is 0 Å². The second kappa shape index (κ2) is 5.10. The first-order valence-corrected chi connectivity index (χ1v) is 6.87. The smallest absolute Gasteiger partial charge is 0.290 e. The Bertz CT molecular complexity index is 444. The van der Waals surface area contributed by atoms with Gasteiger partial charge in [-0.05, 0) is 12.8 Å². The zero-order chi connectivity index (χ0) is 12.4. The van der Waals surface area contributed by atoms with Crippen molar-refractivity contribution in [3.63, 3.8) is 0 Å². The van der Waals surface area contributed by atoms with E-state index in [1.165, 1.54) is 25.7 Å². The molecule has 0 spiro atoms. The van der Waals surface area contributed by atoms with E-state index in [0.29, 0.717) is 5.82 Å². The van der Waals surface area contributed by atoms with Crippen LogP contribution in [0.4, 0.5) is 5.82 Å². The minimum absolute atomic E-state index is 0.0770. The molecule has 1 aromatic rings. The van der Waals surface area contributed by atoms with Crippen molar-refractivity contribution in [3.8, 4) is 0 Å². The van der Waals surface area contributed by atoms with Gasteiger partial charge in [-0.2, -0.15) is 0 Å². The number of aromatic nitrogens is 2. The molecule has 0 bridgehead atoms. The van der Waals surface area contributed by atoms with E-state index in [2.05, 4.69) is 19.8 Å². The molecule has 1 aliphatic carbocycles. The van der Waals surface area contributed by atoms with Gasteiger partial charge in [-0.1, -0.05) is 12.8 Å². The van der Waals surface area contributed by atoms with Crippen LogP contribution in [-0.4, -0.2) is 47.1 Å². The number of H-pyrrole nitrogens is 1. The van der Waals surface area contributed by atoms with E-state index in [4.69, 9.17) is 0 Å². The number of aromatic amines is 1. The van der Waals surface area contributed by atoms with Crippen LogP contribution in [-0.2, 0) is 0 Å². The lowest BCUT2D eigenvalue weighted by Gasteiger charge is -2.38. The third-order valence-electron chi connectivity index (χ3n) is 4.14. The van der Waals surface area contributed by atoms with Gasteiger partial charge >= 0.3 is 0 Å². The van der Waals surface area contributed by atoms with E-state index in [1.807, 2.05) is 0 Å². The van der Waals surface area contributed by atoms with Crippen molar-refractivity contribution in [2.45, 2.75) is 31.7 Å². The summed E-state index contributed by atoms with van der Waals surface area (Å²) in [5.74, 6) is 0.573. The molecule has 1 saturated carbocycles. The van der Waals surface area contributed by atoms with Gasteiger partial charge in [-0.25, -0.2) is 4.98 Å². The Labute approximate surface area is 107 Å². The van der Waals surface area contributed by atoms with Gasteiger partial charge < -0.3 is 9.88 Å². The Morgan fingerprint density at radius 3 is 2.56 bits per heavy atom. The standard InChI is InChI=1S/C13H20N4O/c18-13-12(14-5-6-15-13)17-9-7-16(8-10-17)11-3-1-2-4-11/h5-6,11H,1-4,7-10H2,(H,15,18). The predicted octanol–water partition coefficient (Wildman–Crippen LogP) is 0.834. The maximum atomic E-state index is 11.7. The SMILES string of the molecule is O=c1[nH]ccnc1N1CCN(C2CCCC2)CC1. The summed E-state index contributed by atoms with van der Waals surface area (Å²) in [6, 6.07) is 0.786. The average Bonchev–Trinajstić information content (AvgIpc) is 2.94. The van der Waals surface area contributed by atoms with Crippen LogP contribution in [0, 0.1) is 0 Å². The Morgan fingerprint density at radius 1 is 1.17 bits per heavy atom. The summed E-state index contributed by atoms with van der Waals surface area (Å²) in [5, 5.41) is 0. The van der Waals surface area contributed by atoms with E-state index >= 15 is 0 Å². The zero-order valence-electron chi connectivity index (χ0n) is 10.6. The number of nitrogens with one attached hydrogen (secondary N) is 1. The van der Waals surface area contributed by atoms with Crippen molar-refractivity contribution >= 4 is 5.82 Å². The van der Waals surface area contributed by atoms with Crippen LogP contribution in [0.25, 0.3) is 0 Å². The predicted molar refractivity (Wildman–Crippen MR) is 70.9 cm³/mol. The fraction of sp³-hybridized carbons (Fsp3) is 0.692. The Kier molecular flexibility index (Phi) is 3.32. The molecule has 3 rings (SSSR count). The first-order chi connectivity index (χ1) is 8.84. The molecule has 0 radical (unpaired) electrons. The molecule has 1 aromatic heterocycles. The second-order valence-electron chi connectivity index (χ2n) is 5.20. The summed E-state index contributed by atoms with van der Waals surface area (Å²) in [5.41, 5.74) is -0.0770. The van der Waals surface area contributed by atoms with Crippen molar-refractivity contribution < 1.29 is 0 Å². The Balaban J connectivity index is 1.63. The van der Waals surface area contributed by atoms with E-state index in [9.17, 15) is 4.79 Å². The first kappa shape index (κ1) is 11.7. The topological polar surface area (TPSA) is 52.2 Å². The van der Waals surface area contributed by atoms with E-state index in [0.717, 1.165) is 32.2 Å². The molecule has 5 nitrogen and oxygen atoms in total. The zero-order valence-corrected chi connectivity index (χ0v) is 10.6. The molecule has 1 aliphatic heterocycles. The highest BCUT2D eigenvalue weighted by molar-refractivity contribution is 5.35. The lowest BCUT2D eigenvalue weighted by atomic mass is 10.2. The van der Waals surface area contributed by atoms with Crippen LogP contribution in [0.2, 0.25) is 0 Å². The number of nitrogens with zero attached hydrogens (tertiary/aromatic N) is 3. The average molecular weight is 248 g/mol. The molecular weight excluding hydrogens is 228 g/mol. The Morgan fingerprint density at radius 2 is 1.89 bits per heavy atom. The van der Waals surface area contributed by atoms with Gasteiger partial charge in [-0.3, -0.25) is 9.69 Å². The fourth-order valence-corrected chi connectivity index (χ4v) is 3.14. The minimum atomic E-state index is -0.0770. The number of hydrogen-bond acceptors (Lipinski definition) is 4. The summed E-state index contributed by atoms with van der Waals surface area (Å²) in [7, 11) is 0. The maximum Gasteiger partial charge on any atom is 0.290 e. The first-order valence-electron chi connectivity index (χ1n) is 6.87. The molecule has 18 heavy (non-hydrogen) atoms. The highest BCUT2D eigenvalue weighted by atomic mass is 16.1. The van der Waals surface area contributed by atoms with Gasteiger partial charge in [0, 0.05) is 44.6 Å². The third-order valence-corrected chi connectivity index (χ3v) is 4.14. The van der Waals surface area contributed by atoms with Crippen LogP contribution in [0.3, 0.4) is 0 Å². The van der Waals surface area contributed by atoms with Crippen LogP contribution in [0.15, 0.2) is 17.2 Å². The lowest BCUT2D eigenvalue weighted by Crippen LogP contribution is -2.51. The number of hydrogen-bond donors (Lipinski definition) is 1. The molecule has 2 fully saturated rings. The number of anilines is 1. The van der Waals surface area contributed by atoms with E-state index in [-0.39, 0.29) is 5.56 Å². The fourth-order valence-electron chi connectivity index (χ4n) is 3.14. The summed E-state index contributed by atoms with van der Waals surface area (Å²) in [4.78, 5) is 23.2. The van der Waals surface area contributed by atoms with Crippen LogP contribution >= 0.6 is 0 Å². The normalized spacial score (nSPS) is 22.6. The molecule has 0 atom stereocenters. The Hall–Kier alpha value is -1.36. The van der Waals surface area contributed by atoms with E-state index in [1.54, 1.807) is 12.4 Å². The number of piperazine rings is 1. The van der Waals surface area contributed by atoms with Gasteiger partial charge in [-0.15, -0.1) is 0 Å². The van der Waals surface area contributed by atoms with Crippen molar-refractivity contribution in [3.05, 3.63) is 22.7 Å². The maximum absolute atomic E-state index is 11.7. The molecule has 0 aromatic carbocycles. The quantitative estimate of drug-likeness (QED) is 0.842. The van der Waals surface area contributed by atoms with Crippen molar-refractivity contribution in [2.24, 2.45) is 0 Å².